The van der Waals surface area contributed by atoms with Crippen LogP contribution in [0.1, 0.15) is 470 Å². The minimum atomic E-state index is -4.95. The van der Waals surface area contributed by atoms with Gasteiger partial charge in [0, 0.05) is 19.3 Å². The number of phosphoric acid groups is 2. The molecule has 0 aliphatic heterocycles. The van der Waals surface area contributed by atoms with Crippen LogP contribution in [0.5, 0.6) is 0 Å². The third-order valence-corrected chi connectivity index (χ3v) is 24.4. The van der Waals surface area contributed by atoms with Crippen molar-refractivity contribution in [2.75, 3.05) is 39.6 Å². The van der Waals surface area contributed by atoms with Crippen LogP contribution in [-0.4, -0.2) is 95.9 Å². The first-order chi connectivity index (χ1) is 62.2. The number of carbonyl (C=O) groups excluding carboxylic acids is 3. The molecule has 0 heterocycles. The molecule has 0 aliphatic carbocycles. The van der Waals surface area contributed by atoms with Crippen LogP contribution in [0.3, 0.4) is 0 Å². The van der Waals surface area contributed by atoms with Crippen LogP contribution in [0.25, 0.3) is 0 Å². The number of carbonyl (C=O) groups is 3. The van der Waals surface area contributed by atoms with Gasteiger partial charge in [-0.3, -0.25) is 32.5 Å². The molecule has 0 saturated heterocycles. The highest BCUT2D eigenvalue weighted by molar-refractivity contribution is 7.47. The Balaban J connectivity index is 4.50. The maximum Gasteiger partial charge on any atom is 0.472 e. The number of phosphoric ester groups is 2. The number of ether oxygens (including phenoxy) is 3. The minimum Gasteiger partial charge on any atom is -0.463 e. The number of rotatable bonds is 99. The first kappa shape index (κ1) is 122. The van der Waals surface area contributed by atoms with Crippen molar-refractivity contribution in [3.05, 3.63) is 146 Å². The van der Waals surface area contributed by atoms with Gasteiger partial charge in [-0.25, -0.2) is 9.13 Å². The van der Waals surface area contributed by atoms with Crippen LogP contribution in [0, 0.1) is 0 Å². The second-order valence-electron chi connectivity index (χ2n) is 35.0. The fourth-order valence-corrected chi connectivity index (χ4v) is 16.2. The lowest BCUT2D eigenvalue weighted by atomic mass is 10.0. The van der Waals surface area contributed by atoms with Gasteiger partial charge in [0.2, 0.25) is 0 Å². The monoisotopic (exact) mass is 1820 g/mol. The van der Waals surface area contributed by atoms with Crippen LogP contribution >= 0.6 is 15.6 Å². The van der Waals surface area contributed by atoms with E-state index in [0.29, 0.717) is 19.3 Å². The first-order valence-electron chi connectivity index (χ1n) is 52.1. The third kappa shape index (κ3) is 102. The van der Waals surface area contributed by atoms with Crippen LogP contribution in [-0.2, 0) is 55.8 Å². The highest BCUT2D eigenvalue weighted by atomic mass is 31.2. The molecule has 4 N–H and O–H groups in total. The Morgan fingerprint density at radius 1 is 0.220 bits per heavy atom. The molecule has 0 saturated carbocycles. The molecule has 0 radical (unpaired) electrons. The predicted molar refractivity (Wildman–Crippen MR) is 537 cm³/mol. The van der Waals surface area contributed by atoms with Crippen molar-refractivity contribution in [3.8, 4) is 0 Å². The molecule has 127 heavy (non-hydrogen) atoms. The molecule has 734 valence electrons. The average molecular weight is 1820 g/mol. The van der Waals surface area contributed by atoms with Crippen molar-refractivity contribution in [1.82, 2.24) is 0 Å². The number of aliphatic hydroxyl groups excluding tert-OH is 2. The standard InChI is InChI=1S/C109H192O16P2/c1-4-7-10-13-16-19-22-25-28-31-34-37-39-41-43-45-47-49-51-53-55-57-59-61-63-66-68-71-74-77-80-83-86-89-92-95-107(112)119-98-104(110)99-121-126(115,116)122-100-105(111)101-123-127(117,118)124-103-106(125-109(114)97-94-91-88-85-82-79-76-73-70-65-36-33-30-27-24-21-18-15-12-9-6-3)102-120-108(113)96-93-90-87-84-81-78-75-72-69-67-64-62-60-58-56-54-52-50-48-46-44-42-40-38-35-32-29-26-23-20-17-14-11-8-5-2/h16-21,25-30,34-38,41-44,65,73,76,104-106,110-111H,4-15,22-24,31-33,39-40,45-64,66-72,74-75,77-103H2,1-3H3,(H,115,116)(H,117,118)/b19-16-,20-17-,21-18-,28-25-,29-26-,30-27-,37-34-,38-35-,43-41-,44-42-,65-36-,76-73-. The van der Waals surface area contributed by atoms with E-state index in [1.807, 2.05) is 0 Å². The van der Waals surface area contributed by atoms with E-state index in [1.54, 1.807) is 0 Å². The van der Waals surface area contributed by atoms with E-state index in [9.17, 15) is 43.5 Å². The second kappa shape index (κ2) is 100. The van der Waals surface area contributed by atoms with Gasteiger partial charge < -0.3 is 34.2 Å². The highest BCUT2D eigenvalue weighted by Gasteiger charge is 2.30. The molecule has 0 aromatic carbocycles. The van der Waals surface area contributed by atoms with E-state index in [4.69, 9.17) is 32.3 Å². The zero-order chi connectivity index (χ0) is 92.1. The summed E-state index contributed by atoms with van der Waals surface area (Å²) in [6, 6.07) is 0. The maximum atomic E-state index is 13.1. The predicted octanol–water partition coefficient (Wildman–Crippen LogP) is 33.0. The summed E-state index contributed by atoms with van der Waals surface area (Å²) < 4.78 is 61.6. The Morgan fingerprint density at radius 2 is 0.394 bits per heavy atom. The van der Waals surface area contributed by atoms with E-state index in [-0.39, 0.29) is 19.3 Å². The molecule has 0 fully saturated rings. The number of hydrogen-bond acceptors (Lipinski definition) is 14. The summed E-state index contributed by atoms with van der Waals surface area (Å²) >= 11 is 0. The lowest BCUT2D eigenvalue weighted by Gasteiger charge is -2.21. The van der Waals surface area contributed by atoms with Crippen molar-refractivity contribution in [2.24, 2.45) is 0 Å². The van der Waals surface area contributed by atoms with Gasteiger partial charge in [-0.05, 0) is 154 Å². The molecular weight excluding hydrogens is 1630 g/mol. The molecule has 0 aliphatic rings. The van der Waals surface area contributed by atoms with E-state index >= 15 is 0 Å². The van der Waals surface area contributed by atoms with E-state index in [1.165, 1.54) is 276 Å². The van der Waals surface area contributed by atoms with Crippen molar-refractivity contribution in [2.45, 2.75) is 489 Å². The zero-order valence-electron chi connectivity index (χ0n) is 81.4. The van der Waals surface area contributed by atoms with Gasteiger partial charge in [-0.15, -0.1) is 0 Å². The highest BCUT2D eigenvalue weighted by Crippen LogP contribution is 2.45. The van der Waals surface area contributed by atoms with Crippen LogP contribution < -0.4 is 0 Å². The summed E-state index contributed by atoms with van der Waals surface area (Å²) in [5, 5.41) is 20.8. The first-order valence-corrected chi connectivity index (χ1v) is 55.1. The minimum absolute atomic E-state index is 0.0833. The Bertz CT molecular complexity index is 2890. The van der Waals surface area contributed by atoms with Crippen molar-refractivity contribution < 1.29 is 75.8 Å². The van der Waals surface area contributed by atoms with Gasteiger partial charge >= 0.3 is 33.6 Å². The molecule has 0 amide bonds. The van der Waals surface area contributed by atoms with Crippen molar-refractivity contribution in [1.29, 1.82) is 0 Å². The summed E-state index contributed by atoms with van der Waals surface area (Å²) in [5.41, 5.74) is 0. The zero-order valence-corrected chi connectivity index (χ0v) is 83.2. The van der Waals surface area contributed by atoms with Crippen LogP contribution in [0.2, 0.25) is 0 Å². The van der Waals surface area contributed by atoms with Gasteiger partial charge in [0.05, 0.1) is 26.4 Å². The fourth-order valence-electron chi connectivity index (χ4n) is 14.6. The van der Waals surface area contributed by atoms with Gasteiger partial charge in [0.1, 0.15) is 25.4 Å². The Hall–Kier alpha value is -4.57. The SMILES string of the molecule is CCCCC/C=C\C/C=C\C/C=C\C/C=C\CCCCCCCCCCCCCCCCCCCCCC(=O)OCC(O)COP(=O)(O)OCC(O)COP(=O)(O)OCC(COC(=O)CCCCCCCCCCCCCCCCCCCCC/C=C\C/C=C\C/C=C\C/C=C\CCCCC)OC(=O)CCCCCCC/C=C\C/C=C\C/C=C\C/C=C\CCCCC. The van der Waals surface area contributed by atoms with Crippen molar-refractivity contribution in [3.63, 3.8) is 0 Å². The molecule has 16 nitrogen and oxygen atoms in total. The summed E-state index contributed by atoms with van der Waals surface area (Å²) in [4.78, 5) is 59.2. The van der Waals surface area contributed by atoms with Gasteiger partial charge in [-0.2, -0.15) is 0 Å². The van der Waals surface area contributed by atoms with Crippen molar-refractivity contribution >= 4 is 33.6 Å². The Labute approximate surface area is 778 Å². The summed E-state index contributed by atoms with van der Waals surface area (Å²) in [5.74, 6) is -1.57. The lowest BCUT2D eigenvalue weighted by Crippen LogP contribution is -2.30. The molecule has 0 rings (SSSR count). The second-order valence-corrected chi connectivity index (χ2v) is 37.9. The molecule has 0 spiro atoms. The largest absolute Gasteiger partial charge is 0.472 e. The fraction of sp³-hybridized carbons (Fsp3) is 0.752. The number of allylic oxidation sites excluding steroid dienone is 24. The number of esters is 3. The van der Waals surface area contributed by atoms with Gasteiger partial charge in [0.15, 0.2) is 6.10 Å². The van der Waals surface area contributed by atoms with Gasteiger partial charge in [-0.1, -0.05) is 443 Å². The molecule has 0 bridgehead atoms. The number of unbranched alkanes of at least 4 members (excludes halogenated alkanes) is 52. The maximum absolute atomic E-state index is 13.1. The quantitative estimate of drug-likeness (QED) is 0.0146. The molecule has 18 heteroatoms. The third-order valence-electron chi connectivity index (χ3n) is 22.5. The number of aliphatic hydroxyl groups is 2. The smallest absolute Gasteiger partial charge is 0.463 e. The Kier molecular flexibility index (Phi) is 96.8. The average Bonchev–Trinajstić information content (AvgIpc) is 0.893. The topological polar surface area (TPSA) is 231 Å². The van der Waals surface area contributed by atoms with Crippen LogP contribution in [0.4, 0.5) is 0 Å². The lowest BCUT2D eigenvalue weighted by molar-refractivity contribution is -0.161. The summed E-state index contributed by atoms with van der Waals surface area (Å²) in [6.07, 6.45) is 129. The molecule has 0 aromatic rings. The summed E-state index contributed by atoms with van der Waals surface area (Å²) in [7, 11) is -9.82. The van der Waals surface area contributed by atoms with E-state index in [2.05, 4.69) is 167 Å². The molecule has 5 unspecified atom stereocenters. The van der Waals surface area contributed by atoms with E-state index < -0.39 is 91.5 Å². The summed E-state index contributed by atoms with van der Waals surface area (Å²) in [6.45, 7) is 2.66. The normalized spacial score (nSPS) is 14.2. The Morgan fingerprint density at radius 3 is 0.622 bits per heavy atom. The van der Waals surface area contributed by atoms with E-state index in [0.717, 1.165) is 135 Å². The molecule has 0 aromatic heterocycles. The molecule has 5 atom stereocenters. The van der Waals surface area contributed by atoms with Crippen LogP contribution in [0.15, 0.2) is 146 Å². The molecular formula is C109H192O16P2. The number of hydrogen-bond donors (Lipinski definition) is 4. The van der Waals surface area contributed by atoms with Gasteiger partial charge in [0.25, 0.3) is 0 Å².